The fraction of sp³-hybridized carbons (Fsp3) is 0.857. The van der Waals surface area contributed by atoms with Gasteiger partial charge in [-0.1, -0.05) is 6.92 Å². The summed E-state index contributed by atoms with van der Waals surface area (Å²) in [5.74, 6) is 0.137. The Kier molecular flexibility index (Phi) is 2.68. The first-order chi connectivity index (χ1) is 4.83. The van der Waals surface area contributed by atoms with Crippen LogP contribution in [0.25, 0.3) is 0 Å². The summed E-state index contributed by atoms with van der Waals surface area (Å²) in [6.07, 6.45) is 1.85. The average Bonchev–Trinajstić information content (AvgIpc) is 2.67. The van der Waals surface area contributed by atoms with Crippen LogP contribution in [-0.2, 0) is 9.53 Å². The molecule has 0 aliphatic carbocycles. The largest absolute Gasteiger partial charge is 0.371 e. The van der Waals surface area contributed by atoms with Gasteiger partial charge in [-0.25, -0.2) is 0 Å². The Bertz CT molecular complexity index is 121. The van der Waals surface area contributed by atoms with E-state index in [1.807, 2.05) is 6.92 Å². The molecule has 0 spiro atoms. The van der Waals surface area contributed by atoms with Crippen molar-refractivity contribution in [3.8, 4) is 0 Å². The Morgan fingerprint density at radius 1 is 1.80 bits per heavy atom. The van der Waals surface area contributed by atoms with Crippen molar-refractivity contribution in [3.05, 3.63) is 0 Å². The number of hydrogen-bond acceptors (Lipinski definition) is 2. The molecule has 1 aliphatic rings. The maximum atomic E-state index is 10.8. The van der Waals surface area contributed by atoms with E-state index in [-0.39, 0.29) is 5.91 Å². The topological polar surface area (TPSA) is 41.6 Å². The molecule has 58 valence electrons. The molecule has 1 rings (SSSR count). The van der Waals surface area contributed by atoms with Gasteiger partial charge in [0, 0.05) is 13.0 Å². The van der Waals surface area contributed by atoms with Crippen LogP contribution in [0.4, 0.5) is 0 Å². The number of rotatable bonds is 4. The van der Waals surface area contributed by atoms with E-state index in [1.54, 1.807) is 0 Å². The van der Waals surface area contributed by atoms with Gasteiger partial charge in [-0.05, 0) is 6.42 Å². The Morgan fingerprint density at radius 2 is 2.50 bits per heavy atom. The van der Waals surface area contributed by atoms with Crippen LogP contribution in [0.5, 0.6) is 0 Å². The van der Waals surface area contributed by atoms with E-state index in [0.29, 0.717) is 19.1 Å². The summed E-state index contributed by atoms with van der Waals surface area (Å²) >= 11 is 0. The third kappa shape index (κ3) is 2.82. The zero-order chi connectivity index (χ0) is 7.40. The second kappa shape index (κ2) is 3.56. The van der Waals surface area contributed by atoms with Crippen molar-refractivity contribution in [1.29, 1.82) is 0 Å². The molecule has 0 aromatic heterocycles. The van der Waals surface area contributed by atoms with E-state index < -0.39 is 0 Å². The monoisotopic (exact) mass is 143 g/mol. The molecule has 3 heteroatoms. The first-order valence-corrected chi connectivity index (χ1v) is 3.71. The minimum absolute atomic E-state index is 0.137. The molecular formula is C7H13NO2. The minimum Gasteiger partial charge on any atom is -0.371 e. The highest BCUT2D eigenvalue weighted by atomic mass is 16.6. The maximum Gasteiger partial charge on any atom is 0.220 e. The summed E-state index contributed by atoms with van der Waals surface area (Å²) in [6, 6.07) is 0. The van der Waals surface area contributed by atoms with Crippen molar-refractivity contribution in [2.75, 3.05) is 13.2 Å². The lowest BCUT2D eigenvalue weighted by molar-refractivity contribution is -0.121. The third-order valence-electron chi connectivity index (χ3n) is 1.41. The van der Waals surface area contributed by atoms with Crippen LogP contribution in [0.3, 0.4) is 0 Å². The molecule has 1 atom stereocenters. The van der Waals surface area contributed by atoms with Crippen molar-refractivity contribution in [1.82, 2.24) is 5.32 Å². The van der Waals surface area contributed by atoms with E-state index in [1.165, 1.54) is 0 Å². The zero-order valence-electron chi connectivity index (χ0n) is 6.22. The molecule has 0 aromatic rings. The summed E-state index contributed by atoms with van der Waals surface area (Å²) in [6.45, 7) is 3.50. The number of amides is 1. The number of carbonyl (C=O) groups is 1. The summed E-state index contributed by atoms with van der Waals surface area (Å²) in [7, 11) is 0. The van der Waals surface area contributed by atoms with Gasteiger partial charge in [0.05, 0.1) is 12.7 Å². The van der Waals surface area contributed by atoms with Crippen LogP contribution >= 0.6 is 0 Å². The van der Waals surface area contributed by atoms with Crippen LogP contribution < -0.4 is 5.32 Å². The first-order valence-electron chi connectivity index (χ1n) is 3.71. The first kappa shape index (κ1) is 7.54. The normalized spacial score (nSPS) is 22.3. The average molecular weight is 143 g/mol. The molecule has 0 aromatic carbocycles. The van der Waals surface area contributed by atoms with Gasteiger partial charge in [-0.3, -0.25) is 4.79 Å². The molecule has 0 radical (unpaired) electrons. The van der Waals surface area contributed by atoms with Gasteiger partial charge in [0.15, 0.2) is 0 Å². The molecule has 0 saturated carbocycles. The van der Waals surface area contributed by atoms with Gasteiger partial charge in [-0.2, -0.15) is 0 Å². The zero-order valence-corrected chi connectivity index (χ0v) is 6.22. The number of ether oxygens (including phenoxy) is 1. The highest BCUT2D eigenvalue weighted by molar-refractivity contribution is 5.75. The second-order valence-corrected chi connectivity index (χ2v) is 2.51. The highest BCUT2D eigenvalue weighted by Gasteiger charge is 2.22. The molecular weight excluding hydrogens is 130 g/mol. The Morgan fingerprint density at radius 3 is 3.00 bits per heavy atom. The standard InChI is InChI=1S/C7H13NO2/c1-2-3-7(9)8-4-6-5-10-6/h6H,2-5H2,1H3,(H,8,9)/t6-/m0/s1. The van der Waals surface area contributed by atoms with Gasteiger partial charge in [0.1, 0.15) is 0 Å². The Labute approximate surface area is 60.7 Å². The molecule has 1 aliphatic heterocycles. The Balaban J connectivity index is 1.94. The molecule has 1 N–H and O–H groups in total. The molecule has 1 saturated heterocycles. The fourth-order valence-corrected chi connectivity index (χ4v) is 0.729. The smallest absolute Gasteiger partial charge is 0.220 e. The van der Waals surface area contributed by atoms with E-state index in [4.69, 9.17) is 4.74 Å². The number of hydrogen-bond donors (Lipinski definition) is 1. The van der Waals surface area contributed by atoms with E-state index in [0.717, 1.165) is 13.0 Å². The van der Waals surface area contributed by atoms with Crippen LogP contribution in [0.2, 0.25) is 0 Å². The SMILES string of the molecule is CCCC(=O)NC[C@H]1CO1. The van der Waals surface area contributed by atoms with Crippen LogP contribution in [0, 0.1) is 0 Å². The lowest BCUT2D eigenvalue weighted by atomic mass is 10.3. The molecule has 3 nitrogen and oxygen atoms in total. The summed E-state index contributed by atoms with van der Waals surface area (Å²) in [5, 5.41) is 2.78. The summed E-state index contributed by atoms with van der Waals surface area (Å²) < 4.78 is 4.92. The predicted molar refractivity (Wildman–Crippen MR) is 37.7 cm³/mol. The van der Waals surface area contributed by atoms with Crippen molar-refractivity contribution < 1.29 is 9.53 Å². The lowest BCUT2D eigenvalue weighted by Crippen LogP contribution is -2.26. The molecule has 1 amide bonds. The highest BCUT2D eigenvalue weighted by Crippen LogP contribution is 2.06. The van der Waals surface area contributed by atoms with Gasteiger partial charge in [-0.15, -0.1) is 0 Å². The summed E-state index contributed by atoms with van der Waals surface area (Å²) in [5.41, 5.74) is 0. The molecule has 1 fully saturated rings. The van der Waals surface area contributed by atoms with Crippen molar-refractivity contribution in [2.24, 2.45) is 0 Å². The minimum atomic E-state index is 0.137. The van der Waals surface area contributed by atoms with E-state index in [9.17, 15) is 4.79 Å². The van der Waals surface area contributed by atoms with Crippen molar-refractivity contribution >= 4 is 5.91 Å². The van der Waals surface area contributed by atoms with Crippen LogP contribution in [-0.4, -0.2) is 25.2 Å². The quantitative estimate of drug-likeness (QED) is 0.575. The third-order valence-corrected chi connectivity index (χ3v) is 1.41. The lowest BCUT2D eigenvalue weighted by Gasteiger charge is -1.99. The van der Waals surface area contributed by atoms with Crippen LogP contribution in [0.15, 0.2) is 0 Å². The second-order valence-electron chi connectivity index (χ2n) is 2.51. The van der Waals surface area contributed by atoms with Gasteiger partial charge >= 0.3 is 0 Å². The predicted octanol–water partition coefficient (Wildman–Crippen LogP) is 0.301. The van der Waals surface area contributed by atoms with Gasteiger partial charge < -0.3 is 10.1 Å². The molecule has 0 unspecified atom stereocenters. The number of nitrogens with one attached hydrogen (secondary N) is 1. The molecule has 0 bridgehead atoms. The van der Waals surface area contributed by atoms with E-state index in [2.05, 4.69) is 5.32 Å². The van der Waals surface area contributed by atoms with Gasteiger partial charge in [0.2, 0.25) is 5.91 Å². The summed E-state index contributed by atoms with van der Waals surface area (Å²) in [4.78, 5) is 10.8. The van der Waals surface area contributed by atoms with E-state index >= 15 is 0 Å². The fourth-order valence-electron chi connectivity index (χ4n) is 0.729. The molecule has 10 heavy (non-hydrogen) atoms. The van der Waals surface area contributed by atoms with Crippen molar-refractivity contribution in [2.45, 2.75) is 25.9 Å². The van der Waals surface area contributed by atoms with Gasteiger partial charge in [0.25, 0.3) is 0 Å². The number of carbonyl (C=O) groups excluding carboxylic acids is 1. The maximum absolute atomic E-state index is 10.8. The van der Waals surface area contributed by atoms with Crippen molar-refractivity contribution in [3.63, 3.8) is 0 Å². The Hall–Kier alpha value is -0.570. The van der Waals surface area contributed by atoms with Crippen LogP contribution in [0.1, 0.15) is 19.8 Å². The number of epoxide rings is 1. The molecule has 1 heterocycles.